The third kappa shape index (κ3) is 4.44. The van der Waals surface area contributed by atoms with E-state index >= 15 is 0 Å². The zero-order valence-electron chi connectivity index (χ0n) is 14.4. The SMILES string of the molecule is Cc1c(Cl)c([N+](=O)[O-])nn1CC(=O)Nc1cnn(Cc2ccc(Cl)c(Cl)c2)c1. The van der Waals surface area contributed by atoms with E-state index in [-0.39, 0.29) is 11.6 Å². The number of nitro groups is 1. The number of benzene rings is 1. The first-order valence-electron chi connectivity index (χ1n) is 7.88. The molecule has 0 spiro atoms. The maximum atomic E-state index is 12.2. The van der Waals surface area contributed by atoms with Gasteiger partial charge in [-0.3, -0.25) is 9.48 Å². The molecule has 0 radical (unpaired) electrons. The van der Waals surface area contributed by atoms with Crippen molar-refractivity contribution in [2.24, 2.45) is 0 Å². The molecule has 0 atom stereocenters. The Labute approximate surface area is 173 Å². The number of hydrogen-bond acceptors (Lipinski definition) is 5. The Bertz CT molecular complexity index is 1060. The van der Waals surface area contributed by atoms with Crippen LogP contribution in [0, 0.1) is 17.0 Å². The number of nitrogens with one attached hydrogen (secondary N) is 1. The molecule has 146 valence electrons. The summed E-state index contributed by atoms with van der Waals surface area (Å²) in [6.07, 6.45) is 3.13. The summed E-state index contributed by atoms with van der Waals surface area (Å²) in [6, 6.07) is 5.26. The van der Waals surface area contributed by atoms with Gasteiger partial charge < -0.3 is 15.4 Å². The predicted molar refractivity (Wildman–Crippen MR) is 105 cm³/mol. The summed E-state index contributed by atoms with van der Waals surface area (Å²) in [4.78, 5) is 22.4. The van der Waals surface area contributed by atoms with Gasteiger partial charge in [-0.15, -0.1) is 0 Å². The van der Waals surface area contributed by atoms with Gasteiger partial charge in [-0.2, -0.15) is 9.78 Å². The molecule has 0 aliphatic carbocycles. The van der Waals surface area contributed by atoms with E-state index in [0.29, 0.717) is 28.0 Å². The van der Waals surface area contributed by atoms with E-state index in [9.17, 15) is 14.9 Å². The Morgan fingerprint density at radius 2 is 2.04 bits per heavy atom. The third-order valence-electron chi connectivity index (χ3n) is 3.83. The Morgan fingerprint density at radius 1 is 1.29 bits per heavy atom. The van der Waals surface area contributed by atoms with Crippen LogP contribution in [0.5, 0.6) is 0 Å². The second-order valence-corrected chi connectivity index (χ2v) is 7.05. The molecule has 0 aliphatic rings. The van der Waals surface area contributed by atoms with Gasteiger partial charge in [-0.1, -0.05) is 40.9 Å². The summed E-state index contributed by atoms with van der Waals surface area (Å²) >= 11 is 17.8. The fourth-order valence-electron chi connectivity index (χ4n) is 2.46. The predicted octanol–water partition coefficient (Wildman–Crippen LogP) is 3.94. The summed E-state index contributed by atoms with van der Waals surface area (Å²) < 4.78 is 2.80. The van der Waals surface area contributed by atoms with Crippen LogP contribution in [0.1, 0.15) is 11.3 Å². The van der Waals surface area contributed by atoms with Crippen molar-refractivity contribution in [1.29, 1.82) is 0 Å². The highest BCUT2D eigenvalue weighted by atomic mass is 35.5. The van der Waals surface area contributed by atoms with Crippen molar-refractivity contribution in [2.75, 3.05) is 5.32 Å². The van der Waals surface area contributed by atoms with Crippen molar-refractivity contribution in [2.45, 2.75) is 20.0 Å². The molecule has 0 aliphatic heterocycles. The number of anilines is 1. The first kappa shape index (κ1) is 20.1. The zero-order valence-corrected chi connectivity index (χ0v) is 16.7. The Hall–Kier alpha value is -2.62. The van der Waals surface area contributed by atoms with Gasteiger partial charge in [-0.25, -0.2) is 0 Å². The van der Waals surface area contributed by atoms with Crippen LogP contribution in [-0.2, 0) is 17.9 Å². The number of carbonyl (C=O) groups excluding carboxylic acids is 1. The van der Waals surface area contributed by atoms with E-state index in [2.05, 4.69) is 15.5 Å². The molecule has 0 saturated heterocycles. The number of hydrogen-bond donors (Lipinski definition) is 1. The summed E-state index contributed by atoms with van der Waals surface area (Å²) in [7, 11) is 0. The van der Waals surface area contributed by atoms with Crippen LogP contribution >= 0.6 is 34.8 Å². The third-order valence-corrected chi connectivity index (χ3v) is 5.01. The van der Waals surface area contributed by atoms with E-state index in [4.69, 9.17) is 34.8 Å². The molecule has 3 rings (SSSR count). The van der Waals surface area contributed by atoms with E-state index in [1.54, 1.807) is 29.9 Å². The van der Waals surface area contributed by atoms with Crippen LogP contribution in [-0.4, -0.2) is 30.4 Å². The summed E-state index contributed by atoms with van der Waals surface area (Å²) in [6.45, 7) is 1.76. The lowest BCUT2D eigenvalue weighted by Crippen LogP contribution is -2.20. The summed E-state index contributed by atoms with van der Waals surface area (Å²) in [5.41, 5.74) is 1.69. The first-order chi connectivity index (χ1) is 13.2. The Morgan fingerprint density at radius 3 is 2.68 bits per heavy atom. The molecule has 0 bridgehead atoms. The van der Waals surface area contributed by atoms with Crippen molar-refractivity contribution in [3.63, 3.8) is 0 Å². The highest BCUT2D eigenvalue weighted by molar-refractivity contribution is 6.42. The maximum absolute atomic E-state index is 12.2. The normalized spacial score (nSPS) is 10.9. The van der Waals surface area contributed by atoms with Crippen LogP contribution in [0.2, 0.25) is 15.1 Å². The van der Waals surface area contributed by atoms with E-state index < -0.39 is 16.6 Å². The molecule has 9 nitrogen and oxygen atoms in total. The molecule has 1 aromatic carbocycles. The van der Waals surface area contributed by atoms with Gasteiger partial charge in [0.2, 0.25) is 5.91 Å². The monoisotopic (exact) mass is 442 g/mol. The molecule has 12 heteroatoms. The van der Waals surface area contributed by atoms with Gasteiger partial charge in [0.05, 0.1) is 39.3 Å². The summed E-state index contributed by atoms with van der Waals surface area (Å²) in [5, 5.41) is 22.3. The van der Waals surface area contributed by atoms with Gasteiger partial charge in [0, 0.05) is 6.20 Å². The second kappa shape index (κ2) is 8.17. The lowest BCUT2D eigenvalue weighted by atomic mass is 10.2. The topological polar surface area (TPSA) is 108 Å². The minimum absolute atomic E-state index is 0.0905. The number of aromatic nitrogens is 4. The van der Waals surface area contributed by atoms with E-state index in [1.807, 2.05) is 6.07 Å². The molecule has 3 aromatic rings. The smallest absolute Gasteiger partial charge is 0.358 e. The van der Waals surface area contributed by atoms with Crippen LogP contribution < -0.4 is 5.32 Å². The molecule has 0 unspecified atom stereocenters. The zero-order chi connectivity index (χ0) is 20.4. The van der Waals surface area contributed by atoms with Crippen LogP contribution in [0.15, 0.2) is 30.6 Å². The number of halogens is 3. The standard InChI is InChI=1S/C16H13Cl3N6O3/c1-9-15(19)16(25(27)28)22-24(9)8-14(26)21-11-5-20-23(7-11)6-10-2-3-12(17)13(18)4-10/h2-5,7H,6,8H2,1H3,(H,21,26). The molecule has 2 aromatic heterocycles. The van der Waals surface area contributed by atoms with Gasteiger partial charge in [0.15, 0.2) is 5.02 Å². The molecular formula is C16H13Cl3N6O3. The Kier molecular flexibility index (Phi) is 5.87. The molecular weight excluding hydrogens is 431 g/mol. The van der Waals surface area contributed by atoms with Gasteiger partial charge in [0.25, 0.3) is 0 Å². The van der Waals surface area contributed by atoms with Crippen LogP contribution in [0.3, 0.4) is 0 Å². The first-order valence-corrected chi connectivity index (χ1v) is 9.01. The minimum Gasteiger partial charge on any atom is -0.358 e. The molecule has 0 saturated carbocycles. The lowest BCUT2D eigenvalue weighted by Gasteiger charge is -2.04. The molecule has 2 heterocycles. The fraction of sp³-hybridized carbons (Fsp3) is 0.188. The van der Waals surface area contributed by atoms with E-state index in [0.717, 1.165) is 5.56 Å². The maximum Gasteiger partial charge on any atom is 0.408 e. The second-order valence-electron chi connectivity index (χ2n) is 5.86. The van der Waals surface area contributed by atoms with Crippen molar-refractivity contribution in [1.82, 2.24) is 19.6 Å². The van der Waals surface area contributed by atoms with Gasteiger partial charge in [0.1, 0.15) is 6.54 Å². The molecule has 1 N–H and O–H groups in total. The quantitative estimate of drug-likeness (QED) is 0.458. The molecule has 0 fully saturated rings. The average molecular weight is 444 g/mol. The highest BCUT2D eigenvalue weighted by Crippen LogP contribution is 2.26. The highest BCUT2D eigenvalue weighted by Gasteiger charge is 2.25. The fourth-order valence-corrected chi connectivity index (χ4v) is 2.98. The summed E-state index contributed by atoms with van der Waals surface area (Å²) in [5.74, 6) is -0.910. The number of rotatable bonds is 6. The van der Waals surface area contributed by atoms with Crippen molar-refractivity contribution < 1.29 is 9.72 Å². The van der Waals surface area contributed by atoms with Crippen molar-refractivity contribution in [3.05, 3.63) is 67.0 Å². The number of nitrogens with zero attached hydrogens (tertiary/aromatic N) is 5. The number of amides is 1. The van der Waals surface area contributed by atoms with Crippen molar-refractivity contribution in [3.8, 4) is 0 Å². The van der Waals surface area contributed by atoms with E-state index in [1.165, 1.54) is 10.9 Å². The minimum atomic E-state index is -0.698. The average Bonchev–Trinajstić information content (AvgIpc) is 3.17. The Balaban J connectivity index is 1.65. The van der Waals surface area contributed by atoms with Gasteiger partial charge in [-0.05, 0) is 29.5 Å². The van der Waals surface area contributed by atoms with Gasteiger partial charge >= 0.3 is 5.82 Å². The largest absolute Gasteiger partial charge is 0.408 e. The van der Waals surface area contributed by atoms with Crippen LogP contribution in [0.25, 0.3) is 0 Å². The van der Waals surface area contributed by atoms with Crippen LogP contribution in [0.4, 0.5) is 11.5 Å². The number of carbonyl (C=O) groups is 1. The molecule has 28 heavy (non-hydrogen) atoms. The molecule has 1 amide bonds. The van der Waals surface area contributed by atoms with Crippen molar-refractivity contribution >= 4 is 52.2 Å². The lowest BCUT2D eigenvalue weighted by molar-refractivity contribution is -0.389.